The van der Waals surface area contributed by atoms with E-state index in [2.05, 4.69) is 17.2 Å². The Bertz CT molecular complexity index is 385. The third kappa shape index (κ3) is 2.39. The average Bonchev–Trinajstić information content (AvgIpc) is 2.67. The van der Waals surface area contributed by atoms with E-state index in [0.717, 1.165) is 31.2 Å². The van der Waals surface area contributed by atoms with E-state index in [1.807, 2.05) is 4.68 Å². The van der Waals surface area contributed by atoms with E-state index in [0.29, 0.717) is 18.2 Å². The van der Waals surface area contributed by atoms with Gasteiger partial charge in [0.25, 0.3) is 0 Å². The molecule has 0 aliphatic heterocycles. The zero-order valence-corrected chi connectivity index (χ0v) is 10.4. The lowest BCUT2D eigenvalue weighted by atomic mass is 9.82. The fraction of sp³-hybridized carbons (Fsp3) is 0.750. The molecule has 1 fully saturated rings. The van der Waals surface area contributed by atoms with Gasteiger partial charge in [-0.2, -0.15) is 0 Å². The molecule has 1 saturated carbocycles. The van der Waals surface area contributed by atoms with Crippen LogP contribution >= 0.6 is 0 Å². The molecule has 1 atom stereocenters. The van der Waals surface area contributed by atoms with Gasteiger partial charge in [-0.15, -0.1) is 5.10 Å². The van der Waals surface area contributed by atoms with Gasteiger partial charge >= 0.3 is 0 Å². The Labute approximate surface area is 101 Å². The van der Waals surface area contributed by atoms with Gasteiger partial charge in [0.2, 0.25) is 0 Å². The summed E-state index contributed by atoms with van der Waals surface area (Å²) in [6.45, 7) is 2.78. The lowest BCUT2D eigenvalue weighted by Crippen LogP contribution is -2.19. The molecule has 1 aromatic rings. The summed E-state index contributed by atoms with van der Waals surface area (Å²) in [6.07, 6.45) is 5.23. The maximum absolute atomic E-state index is 11.0. The third-order valence-electron chi connectivity index (χ3n) is 3.52. The fourth-order valence-electron chi connectivity index (χ4n) is 2.21. The second kappa shape index (κ2) is 5.40. The van der Waals surface area contributed by atoms with E-state index in [1.54, 1.807) is 7.11 Å². The van der Waals surface area contributed by atoms with Crippen molar-refractivity contribution >= 4 is 6.29 Å². The molecule has 0 radical (unpaired) electrons. The predicted octanol–water partition coefficient (Wildman–Crippen LogP) is 1.96. The molecule has 0 spiro atoms. The van der Waals surface area contributed by atoms with E-state index in [4.69, 9.17) is 4.74 Å². The monoisotopic (exact) mass is 237 g/mol. The Hall–Kier alpha value is -1.23. The molecule has 0 saturated heterocycles. The molecule has 1 aliphatic rings. The number of carbonyl (C=O) groups excluding carboxylic acids is 1. The molecule has 0 aromatic carbocycles. The van der Waals surface area contributed by atoms with Gasteiger partial charge in [0.1, 0.15) is 5.69 Å². The number of methoxy groups -OCH3 is 1. The highest BCUT2D eigenvalue weighted by molar-refractivity contribution is 5.73. The van der Waals surface area contributed by atoms with Crippen molar-refractivity contribution in [3.63, 3.8) is 0 Å². The summed E-state index contributed by atoms with van der Waals surface area (Å²) in [7, 11) is 1.69. The highest BCUT2D eigenvalue weighted by Crippen LogP contribution is 2.38. The minimum Gasteiger partial charge on any atom is -0.385 e. The molecule has 1 aromatic heterocycles. The molecule has 1 unspecified atom stereocenters. The first-order chi connectivity index (χ1) is 8.27. The predicted molar refractivity (Wildman–Crippen MR) is 63.2 cm³/mol. The van der Waals surface area contributed by atoms with Crippen molar-refractivity contribution in [1.29, 1.82) is 0 Å². The lowest BCUT2D eigenvalue weighted by molar-refractivity contribution is 0.111. The van der Waals surface area contributed by atoms with Crippen molar-refractivity contribution in [1.82, 2.24) is 15.0 Å². The highest BCUT2D eigenvalue weighted by atomic mass is 16.5. The quantitative estimate of drug-likeness (QED) is 0.710. The fourth-order valence-corrected chi connectivity index (χ4v) is 2.21. The minimum absolute atomic E-state index is 0.228. The smallest absolute Gasteiger partial charge is 0.172 e. The zero-order chi connectivity index (χ0) is 12.3. The summed E-state index contributed by atoms with van der Waals surface area (Å²) >= 11 is 0. The van der Waals surface area contributed by atoms with Crippen LogP contribution in [0.5, 0.6) is 0 Å². The summed E-state index contributed by atoms with van der Waals surface area (Å²) < 4.78 is 6.99. The molecule has 94 valence electrons. The Morgan fingerprint density at radius 2 is 2.35 bits per heavy atom. The average molecular weight is 237 g/mol. The van der Waals surface area contributed by atoms with E-state index < -0.39 is 0 Å². The molecule has 1 heterocycles. The van der Waals surface area contributed by atoms with Crippen molar-refractivity contribution in [2.75, 3.05) is 13.7 Å². The van der Waals surface area contributed by atoms with Crippen molar-refractivity contribution in [2.24, 2.45) is 0 Å². The number of ether oxygens (including phenoxy) is 1. The molecule has 0 amide bonds. The van der Waals surface area contributed by atoms with Gasteiger partial charge < -0.3 is 4.74 Å². The molecule has 1 aliphatic carbocycles. The van der Waals surface area contributed by atoms with Crippen LogP contribution < -0.4 is 0 Å². The Kier molecular flexibility index (Phi) is 3.89. The SMILES string of the molecule is COCCC(C)n1nnc(C=O)c1C1CCC1. The van der Waals surface area contributed by atoms with Crippen LogP contribution in [0.25, 0.3) is 0 Å². The molecule has 5 nitrogen and oxygen atoms in total. The number of rotatable bonds is 6. The first-order valence-electron chi connectivity index (χ1n) is 6.17. The number of aromatic nitrogens is 3. The Morgan fingerprint density at radius 3 is 2.88 bits per heavy atom. The summed E-state index contributed by atoms with van der Waals surface area (Å²) in [4.78, 5) is 11.0. The maximum Gasteiger partial charge on any atom is 0.172 e. The first-order valence-corrected chi connectivity index (χ1v) is 6.17. The van der Waals surface area contributed by atoms with Crippen LogP contribution in [0.4, 0.5) is 0 Å². The van der Waals surface area contributed by atoms with Crippen molar-refractivity contribution in [2.45, 2.75) is 44.6 Å². The zero-order valence-electron chi connectivity index (χ0n) is 10.4. The molecular weight excluding hydrogens is 218 g/mol. The molecule has 0 N–H and O–H groups in total. The molecule has 2 rings (SSSR count). The first kappa shape index (κ1) is 12.2. The number of hydrogen-bond acceptors (Lipinski definition) is 4. The highest BCUT2D eigenvalue weighted by Gasteiger charge is 2.28. The van der Waals surface area contributed by atoms with Gasteiger partial charge in [-0.25, -0.2) is 4.68 Å². The standard InChI is InChI=1S/C12H19N3O2/c1-9(6-7-17-2)15-12(10-4-3-5-10)11(8-16)13-14-15/h8-10H,3-7H2,1-2H3. The van der Waals surface area contributed by atoms with Gasteiger partial charge in [-0.1, -0.05) is 11.6 Å². The molecule has 5 heteroatoms. The second-order valence-corrected chi connectivity index (χ2v) is 4.68. The van der Waals surface area contributed by atoms with Crippen LogP contribution in [0.3, 0.4) is 0 Å². The van der Waals surface area contributed by atoms with Gasteiger partial charge in [0.15, 0.2) is 6.29 Å². The largest absolute Gasteiger partial charge is 0.385 e. The van der Waals surface area contributed by atoms with Crippen LogP contribution in [0.1, 0.15) is 60.7 Å². The van der Waals surface area contributed by atoms with Crippen LogP contribution in [-0.2, 0) is 4.74 Å². The third-order valence-corrected chi connectivity index (χ3v) is 3.52. The van der Waals surface area contributed by atoms with Crippen molar-refractivity contribution < 1.29 is 9.53 Å². The van der Waals surface area contributed by atoms with E-state index in [-0.39, 0.29) is 6.04 Å². The van der Waals surface area contributed by atoms with Gasteiger partial charge in [-0.05, 0) is 26.2 Å². The lowest BCUT2D eigenvalue weighted by Gasteiger charge is -2.27. The van der Waals surface area contributed by atoms with E-state index in [9.17, 15) is 4.79 Å². The Morgan fingerprint density at radius 1 is 1.59 bits per heavy atom. The van der Waals surface area contributed by atoms with E-state index in [1.165, 1.54) is 6.42 Å². The topological polar surface area (TPSA) is 57.0 Å². The molecule has 17 heavy (non-hydrogen) atoms. The van der Waals surface area contributed by atoms with Crippen molar-refractivity contribution in [3.8, 4) is 0 Å². The van der Waals surface area contributed by atoms with Gasteiger partial charge in [0.05, 0.1) is 11.7 Å². The van der Waals surface area contributed by atoms with E-state index >= 15 is 0 Å². The second-order valence-electron chi connectivity index (χ2n) is 4.68. The summed E-state index contributed by atoms with van der Waals surface area (Å²) in [6, 6.07) is 0.228. The summed E-state index contributed by atoms with van der Waals surface area (Å²) in [5, 5.41) is 8.09. The molecule has 0 bridgehead atoms. The van der Waals surface area contributed by atoms with Crippen LogP contribution in [0.2, 0.25) is 0 Å². The van der Waals surface area contributed by atoms with Gasteiger partial charge in [-0.3, -0.25) is 4.79 Å². The number of aldehydes is 1. The van der Waals surface area contributed by atoms with Crippen LogP contribution in [0.15, 0.2) is 0 Å². The van der Waals surface area contributed by atoms with Crippen LogP contribution in [0, 0.1) is 0 Å². The van der Waals surface area contributed by atoms with Crippen LogP contribution in [-0.4, -0.2) is 35.0 Å². The summed E-state index contributed by atoms with van der Waals surface area (Å²) in [5.74, 6) is 0.468. The number of hydrogen-bond donors (Lipinski definition) is 0. The minimum atomic E-state index is 0.228. The van der Waals surface area contributed by atoms with Crippen molar-refractivity contribution in [3.05, 3.63) is 11.4 Å². The number of nitrogens with zero attached hydrogens (tertiary/aromatic N) is 3. The van der Waals surface area contributed by atoms with Gasteiger partial charge in [0, 0.05) is 19.6 Å². The normalized spacial score (nSPS) is 17.8. The Balaban J connectivity index is 2.20. The molecular formula is C12H19N3O2. The number of carbonyl (C=O) groups is 1. The summed E-state index contributed by atoms with van der Waals surface area (Å²) in [5.41, 5.74) is 1.54. The maximum atomic E-state index is 11.0.